The minimum atomic E-state index is 0.340. The Morgan fingerprint density at radius 1 is 1.53 bits per heavy atom. The molecule has 0 aromatic carbocycles. The smallest absolute Gasteiger partial charge is 0.221 e. The zero-order valence-corrected chi connectivity index (χ0v) is 10.4. The average molecular weight is 237 g/mol. The minimum Gasteiger partial charge on any atom is -0.478 e. The van der Waals surface area contributed by atoms with Gasteiger partial charge in [-0.25, -0.2) is 9.97 Å². The fourth-order valence-corrected chi connectivity index (χ4v) is 1.91. The summed E-state index contributed by atoms with van der Waals surface area (Å²) in [5.74, 6) is 1.50. The normalized spacial score (nSPS) is 20.0. The first kappa shape index (κ1) is 12.1. The van der Waals surface area contributed by atoms with Crippen LogP contribution in [0.3, 0.4) is 0 Å². The van der Waals surface area contributed by atoms with Crippen molar-refractivity contribution in [3.05, 3.63) is 11.9 Å². The summed E-state index contributed by atoms with van der Waals surface area (Å²) in [6.07, 6.45) is 3.75. The van der Waals surface area contributed by atoms with Gasteiger partial charge in [-0.3, -0.25) is 0 Å². The summed E-state index contributed by atoms with van der Waals surface area (Å²) in [4.78, 5) is 8.37. The third kappa shape index (κ3) is 3.06. The van der Waals surface area contributed by atoms with Gasteiger partial charge in [0.15, 0.2) is 0 Å². The summed E-state index contributed by atoms with van der Waals surface area (Å²) < 4.78 is 10.9. The second-order valence-corrected chi connectivity index (χ2v) is 4.14. The first-order valence-corrected chi connectivity index (χ1v) is 6.10. The van der Waals surface area contributed by atoms with Crippen molar-refractivity contribution >= 4 is 5.82 Å². The SMILES string of the molecule is CCOc1ncnc(NC2CCCOC2)c1C. The van der Waals surface area contributed by atoms with Crippen molar-refractivity contribution < 1.29 is 9.47 Å². The molecule has 0 bridgehead atoms. The van der Waals surface area contributed by atoms with Gasteiger partial charge < -0.3 is 14.8 Å². The Balaban J connectivity index is 2.06. The Morgan fingerprint density at radius 2 is 2.41 bits per heavy atom. The number of nitrogens with one attached hydrogen (secondary N) is 1. The van der Waals surface area contributed by atoms with Crippen LogP contribution < -0.4 is 10.1 Å². The molecular weight excluding hydrogens is 218 g/mol. The molecule has 94 valence electrons. The Hall–Kier alpha value is -1.36. The molecular formula is C12H19N3O2. The maximum atomic E-state index is 5.44. The van der Waals surface area contributed by atoms with E-state index in [9.17, 15) is 0 Å². The van der Waals surface area contributed by atoms with E-state index in [1.807, 2.05) is 13.8 Å². The van der Waals surface area contributed by atoms with Crippen molar-refractivity contribution in [1.82, 2.24) is 9.97 Å². The average Bonchev–Trinajstić information content (AvgIpc) is 2.36. The van der Waals surface area contributed by atoms with E-state index in [0.29, 0.717) is 18.5 Å². The molecule has 1 aromatic rings. The van der Waals surface area contributed by atoms with Crippen LogP contribution in [0.25, 0.3) is 0 Å². The molecule has 1 N–H and O–H groups in total. The zero-order valence-electron chi connectivity index (χ0n) is 10.4. The second-order valence-electron chi connectivity index (χ2n) is 4.14. The van der Waals surface area contributed by atoms with Crippen molar-refractivity contribution in [3.63, 3.8) is 0 Å². The molecule has 0 saturated carbocycles. The molecule has 1 aliphatic rings. The Morgan fingerprint density at radius 3 is 3.12 bits per heavy atom. The molecule has 5 nitrogen and oxygen atoms in total. The highest BCUT2D eigenvalue weighted by molar-refractivity contribution is 5.48. The van der Waals surface area contributed by atoms with Gasteiger partial charge in [-0.15, -0.1) is 0 Å². The highest BCUT2D eigenvalue weighted by atomic mass is 16.5. The third-order valence-corrected chi connectivity index (χ3v) is 2.82. The fourth-order valence-electron chi connectivity index (χ4n) is 1.91. The molecule has 1 aromatic heterocycles. The molecule has 0 amide bonds. The summed E-state index contributed by atoms with van der Waals surface area (Å²) in [5, 5.41) is 3.39. The molecule has 0 spiro atoms. The van der Waals surface area contributed by atoms with Gasteiger partial charge in [-0.05, 0) is 26.7 Å². The van der Waals surface area contributed by atoms with E-state index in [2.05, 4.69) is 15.3 Å². The van der Waals surface area contributed by atoms with Gasteiger partial charge in [0.25, 0.3) is 0 Å². The molecule has 0 radical (unpaired) electrons. The highest BCUT2D eigenvalue weighted by Gasteiger charge is 2.16. The first-order chi connectivity index (χ1) is 8.31. The van der Waals surface area contributed by atoms with Gasteiger partial charge in [-0.2, -0.15) is 0 Å². The van der Waals surface area contributed by atoms with Crippen LogP contribution in [-0.2, 0) is 4.74 Å². The Labute approximate surface area is 102 Å². The molecule has 1 aliphatic heterocycles. The summed E-state index contributed by atoms with van der Waals surface area (Å²) in [6.45, 7) is 6.14. The van der Waals surface area contributed by atoms with E-state index < -0.39 is 0 Å². The summed E-state index contributed by atoms with van der Waals surface area (Å²) in [7, 11) is 0. The number of hydrogen-bond donors (Lipinski definition) is 1. The molecule has 17 heavy (non-hydrogen) atoms. The van der Waals surface area contributed by atoms with E-state index in [-0.39, 0.29) is 0 Å². The van der Waals surface area contributed by atoms with E-state index in [0.717, 1.165) is 37.4 Å². The Kier molecular flexibility index (Phi) is 4.14. The van der Waals surface area contributed by atoms with Crippen LogP contribution in [0.4, 0.5) is 5.82 Å². The second kappa shape index (κ2) is 5.82. The quantitative estimate of drug-likeness (QED) is 0.865. The molecule has 1 saturated heterocycles. The first-order valence-electron chi connectivity index (χ1n) is 6.10. The summed E-state index contributed by atoms with van der Waals surface area (Å²) in [5.41, 5.74) is 0.958. The van der Waals surface area contributed by atoms with Gasteiger partial charge in [0.2, 0.25) is 5.88 Å². The molecule has 2 rings (SSSR count). The lowest BCUT2D eigenvalue weighted by Crippen LogP contribution is -2.30. The van der Waals surface area contributed by atoms with Gasteiger partial charge >= 0.3 is 0 Å². The third-order valence-electron chi connectivity index (χ3n) is 2.82. The van der Waals surface area contributed by atoms with Crippen LogP contribution in [-0.4, -0.2) is 35.8 Å². The molecule has 5 heteroatoms. The number of ether oxygens (including phenoxy) is 2. The van der Waals surface area contributed by atoms with Crippen LogP contribution >= 0.6 is 0 Å². The monoisotopic (exact) mass is 237 g/mol. The van der Waals surface area contributed by atoms with Crippen molar-refractivity contribution in [2.45, 2.75) is 32.7 Å². The Bertz CT molecular complexity index is 365. The largest absolute Gasteiger partial charge is 0.478 e. The number of aromatic nitrogens is 2. The topological polar surface area (TPSA) is 56.3 Å². The number of anilines is 1. The number of nitrogens with zero attached hydrogens (tertiary/aromatic N) is 2. The fraction of sp³-hybridized carbons (Fsp3) is 0.667. The predicted molar refractivity (Wildman–Crippen MR) is 65.4 cm³/mol. The molecule has 1 unspecified atom stereocenters. The van der Waals surface area contributed by atoms with Crippen LogP contribution in [0.15, 0.2) is 6.33 Å². The summed E-state index contributed by atoms with van der Waals surface area (Å²) in [6, 6.07) is 0.340. The molecule has 1 atom stereocenters. The van der Waals surface area contributed by atoms with E-state index in [1.165, 1.54) is 6.33 Å². The van der Waals surface area contributed by atoms with Crippen molar-refractivity contribution in [2.24, 2.45) is 0 Å². The molecule has 0 aliphatic carbocycles. The van der Waals surface area contributed by atoms with Crippen molar-refractivity contribution in [1.29, 1.82) is 0 Å². The van der Waals surface area contributed by atoms with Gasteiger partial charge in [0, 0.05) is 6.61 Å². The number of hydrogen-bond acceptors (Lipinski definition) is 5. The van der Waals surface area contributed by atoms with Crippen LogP contribution in [0.5, 0.6) is 5.88 Å². The maximum absolute atomic E-state index is 5.44. The number of rotatable bonds is 4. The van der Waals surface area contributed by atoms with Crippen molar-refractivity contribution in [2.75, 3.05) is 25.1 Å². The van der Waals surface area contributed by atoms with Crippen molar-refractivity contribution in [3.8, 4) is 5.88 Å². The van der Waals surface area contributed by atoms with E-state index in [4.69, 9.17) is 9.47 Å². The molecule has 2 heterocycles. The van der Waals surface area contributed by atoms with Crippen LogP contribution in [0.1, 0.15) is 25.3 Å². The standard InChI is InChI=1S/C12H19N3O2/c1-3-17-12-9(2)11(13-8-14-12)15-10-5-4-6-16-7-10/h8,10H,3-7H2,1-2H3,(H,13,14,15). The summed E-state index contributed by atoms with van der Waals surface area (Å²) >= 11 is 0. The van der Waals surface area contributed by atoms with E-state index >= 15 is 0 Å². The molecule has 1 fully saturated rings. The van der Waals surface area contributed by atoms with Gasteiger partial charge in [0.05, 0.1) is 24.8 Å². The van der Waals surface area contributed by atoms with Gasteiger partial charge in [0.1, 0.15) is 12.1 Å². The van der Waals surface area contributed by atoms with Gasteiger partial charge in [-0.1, -0.05) is 0 Å². The lowest BCUT2D eigenvalue weighted by Gasteiger charge is -2.24. The lowest BCUT2D eigenvalue weighted by atomic mass is 10.1. The lowest BCUT2D eigenvalue weighted by molar-refractivity contribution is 0.0875. The minimum absolute atomic E-state index is 0.340. The van der Waals surface area contributed by atoms with E-state index in [1.54, 1.807) is 0 Å². The zero-order chi connectivity index (χ0) is 12.1. The van der Waals surface area contributed by atoms with Crippen LogP contribution in [0.2, 0.25) is 0 Å². The maximum Gasteiger partial charge on any atom is 0.221 e. The predicted octanol–water partition coefficient (Wildman–Crippen LogP) is 1.77. The highest BCUT2D eigenvalue weighted by Crippen LogP contribution is 2.22. The van der Waals surface area contributed by atoms with Crippen LogP contribution in [0, 0.1) is 6.92 Å².